The van der Waals surface area contributed by atoms with Crippen molar-refractivity contribution in [1.29, 1.82) is 0 Å². The molecule has 0 saturated carbocycles. The van der Waals surface area contributed by atoms with Crippen LogP contribution in [-0.4, -0.2) is 17.6 Å². The van der Waals surface area contributed by atoms with Crippen LogP contribution in [-0.2, 0) is 6.42 Å². The first-order valence-electron chi connectivity index (χ1n) is 5.60. The van der Waals surface area contributed by atoms with Crippen LogP contribution in [0.25, 0.3) is 0 Å². The molecule has 1 aromatic rings. The van der Waals surface area contributed by atoms with Crippen LogP contribution in [0.15, 0.2) is 22.8 Å². The molecule has 1 heterocycles. The number of nitrogens with one attached hydrogen (secondary N) is 1. The van der Waals surface area contributed by atoms with Crippen molar-refractivity contribution in [3.63, 3.8) is 0 Å². The Hall–Kier alpha value is -0.410. The third-order valence-electron chi connectivity index (χ3n) is 2.42. The molecular weight excluding hydrogens is 252 g/mol. The van der Waals surface area contributed by atoms with Crippen molar-refractivity contribution in [3.8, 4) is 0 Å². The van der Waals surface area contributed by atoms with Gasteiger partial charge in [-0.3, -0.25) is 4.98 Å². The van der Waals surface area contributed by atoms with E-state index in [9.17, 15) is 0 Å². The molecule has 84 valence electrons. The molecule has 1 atom stereocenters. The summed E-state index contributed by atoms with van der Waals surface area (Å²) in [5.74, 6) is 0. The fourth-order valence-corrected chi connectivity index (χ4v) is 1.72. The largest absolute Gasteiger partial charge is 0.314 e. The van der Waals surface area contributed by atoms with E-state index >= 15 is 0 Å². The smallest absolute Gasteiger partial charge is 0.0419 e. The fourth-order valence-electron chi connectivity index (χ4n) is 1.49. The Kier molecular flexibility index (Phi) is 5.88. The highest BCUT2D eigenvalue weighted by Gasteiger charge is 2.06. The van der Waals surface area contributed by atoms with Gasteiger partial charge in [0, 0.05) is 28.8 Å². The lowest BCUT2D eigenvalue weighted by Crippen LogP contribution is -2.31. The molecule has 0 radical (unpaired) electrons. The molecule has 0 aromatic carbocycles. The van der Waals surface area contributed by atoms with E-state index in [1.165, 1.54) is 6.42 Å². The average molecular weight is 271 g/mol. The third kappa shape index (κ3) is 4.76. The van der Waals surface area contributed by atoms with Gasteiger partial charge in [-0.2, -0.15) is 0 Å². The predicted molar refractivity (Wildman–Crippen MR) is 68.0 cm³/mol. The van der Waals surface area contributed by atoms with Gasteiger partial charge in [0.1, 0.15) is 0 Å². The maximum atomic E-state index is 4.39. The standard InChI is InChI=1S/C12H19BrN2/c1-3-7-14-11(4-2)8-12-6-5-10(13)9-15-12/h5-6,9,11,14H,3-4,7-8H2,1-2H3. The monoisotopic (exact) mass is 270 g/mol. The van der Waals surface area contributed by atoms with Gasteiger partial charge >= 0.3 is 0 Å². The Morgan fingerprint density at radius 1 is 1.40 bits per heavy atom. The van der Waals surface area contributed by atoms with Crippen LogP contribution in [0.1, 0.15) is 32.4 Å². The van der Waals surface area contributed by atoms with Crippen molar-refractivity contribution in [3.05, 3.63) is 28.5 Å². The van der Waals surface area contributed by atoms with Crippen molar-refractivity contribution in [2.75, 3.05) is 6.54 Å². The molecule has 0 aliphatic carbocycles. The van der Waals surface area contributed by atoms with Crippen LogP contribution >= 0.6 is 15.9 Å². The van der Waals surface area contributed by atoms with E-state index < -0.39 is 0 Å². The van der Waals surface area contributed by atoms with Crippen molar-refractivity contribution in [1.82, 2.24) is 10.3 Å². The average Bonchev–Trinajstić information content (AvgIpc) is 2.27. The van der Waals surface area contributed by atoms with Crippen molar-refractivity contribution in [2.24, 2.45) is 0 Å². The van der Waals surface area contributed by atoms with E-state index in [-0.39, 0.29) is 0 Å². The maximum absolute atomic E-state index is 4.39. The topological polar surface area (TPSA) is 24.9 Å². The summed E-state index contributed by atoms with van der Waals surface area (Å²) in [5.41, 5.74) is 1.16. The molecule has 1 unspecified atom stereocenters. The second-order valence-electron chi connectivity index (χ2n) is 3.73. The van der Waals surface area contributed by atoms with E-state index in [4.69, 9.17) is 0 Å². The first kappa shape index (κ1) is 12.7. The Labute approximate surface area is 101 Å². The molecule has 0 spiro atoms. The zero-order valence-corrected chi connectivity index (χ0v) is 11.0. The fraction of sp³-hybridized carbons (Fsp3) is 0.583. The zero-order chi connectivity index (χ0) is 11.1. The van der Waals surface area contributed by atoms with E-state index in [1.807, 2.05) is 6.20 Å². The molecule has 0 aliphatic heterocycles. The second-order valence-corrected chi connectivity index (χ2v) is 4.65. The molecule has 1 aromatic heterocycles. The summed E-state index contributed by atoms with van der Waals surface area (Å²) < 4.78 is 1.04. The Balaban J connectivity index is 2.47. The summed E-state index contributed by atoms with van der Waals surface area (Å²) in [6.07, 6.45) is 5.22. The van der Waals surface area contributed by atoms with Crippen LogP contribution in [0.2, 0.25) is 0 Å². The highest BCUT2D eigenvalue weighted by molar-refractivity contribution is 9.10. The summed E-state index contributed by atoms with van der Waals surface area (Å²) in [5, 5.41) is 3.53. The number of pyridine rings is 1. The highest BCUT2D eigenvalue weighted by atomic mass is 79.9. The molecule has 0 fully saturated rings. The van der Waals surface area contributed by atoms with Crippen molar-refractivity contribution < 1.29 is 0 Å². The minimum absolute atomic E-state index is 0.554. The number of hydrogen-bond donors (Lipinski definition) is 1. The summed E-state index contributed by atoms with van der Waals surface area (Å²) >= 11 is 3.39. The van der Waals surface area contributed by atoms with Crippen LogP contribution in [0.3, 0.4) is 0 Å². The molecule has 3 heteroatoms. The van der Waals surface area contributed by atoms with Crippen molar-refractivity contribution >= 4 is 15.9 Å². The molecule has 15 heavy (non-hydrogen) atoms. The lowest BCUT2D eigenvalue weighted by molar-refractivity contribution is 0.490. The van der Waals surface area contributed by atoms with Gasteiger partial charge < -0.3 is 5.32 Å². The number of hydrogen-bond acceptors (Lipinski definition) is 2. The Morgan fingerprint density at radius 2 is 2.20 bits per heavy atom. The first-order chi connectivity index (χ1) is 7.26. The summed E-state index contributed by atoms with van der Waals surface area (Å²) in [4.78, 5) is 4.39. The Bertz CT molecular complexity index is 271. The lowest BCUT2D eigenvalue weighted by Gasteiger charge is -2.15. The number of aromatic nitrogens is 1. The highest BCUT2D eigenvalue weighted by Crippen LogP contribution is 2.09. The molecule has 0 amide bonds. The minimum atomic E-state index is 0.554. The quantitative estimate of drug-likeness (QED) is 0.859. The van der Waals surface area contributed by atoms with Gasteiger partial charge in [0.15, 0.2) is 0 Å². The van der Waals surface area contributed by atoms with Crippen LogP contribution in [0.5, 0.6) is 0 Å². The van der Waals surface area contributed by atoms with Gasteiger partial charge in [-0.25, -0.2) is 0 Å². The molecule has 1 N–H and O–H groups in total. The molecule has 0 bridgehead atoms. The predicted octanol–water partition coefficient (Wildman–Crippen LogP) is 3.16. The van der Waals surface area contributed by atoms with Crippen LogP contribution < -0.4 is 5.32 Å². The normalized spacial score (nSPS) is 12.7. The van der Waals surface area contributed by atoms with Gasteiger partial charge in [-0.05, 0) is 47.4 Å². The van der Waals surface area contributed by atoms with Gasteiger partial charge in [0.05, 0.1) is 0 Å². The number of rotatable bonds is 6. The van der Waals surface area contributed by atoms with E-state index in [0.717, 1.165) is 29.6 Å². The van der Waals surface area contributed by atoms with E-state index in [2.05, 4.69) is 52.2 Å². The molecule has 0 saturated heterocycles. The van der Waals surface area contributed by atoms with Crippen LogP contribution in [0.4, 0.5) is 0 Å². The van der Waals surface area contributed by atoms with Gasteiger partial charge in [-0.1, -0.05) is 13.8 Å². The Morgan fingerprint density at radius 3 is 2.73 bits per heavy atom. The lowest BCUT2D eigenvalue weighted by atomic mass is 10.1. The van der Waals surface area contributed by atoms with E-state index in [1.54, 1.807) is 0 Å². The van der Waals surface area contributed by atoms with Crippen molar-refractivity contribution in [2.45, 2.75) is 39.2 Å². The summed E-state index contributed by atoms with van der Waals surface area (Å²) in [6.45, 7) is 5.50. The van der Waals surface area contributed by atoms with Gasteiger partial charge in [-0.15, -0.1) is 0 Å². The molecule has 2 nitrogen and oxygen atoms in total. The third-order valence-corrected chi connectivity index (χ3v) is 2.89. The van der Waals surface area contributed by atoms with Crippen LogP contribution in [0, 0.1) is 0 Å². The second kappa shape index (κ2) is 6.96. The molecule has 0 aliphatic rings. The first-order valence-corrected chi connectivity index (χ1v) is 6.39. The summed E-state index contributed by atoms with van der Waals surface area (Å²) in [6, 6.07) is 4.69. The zero-order valence-electron chi connectivity index (χ0n) is 9.46. The number of halogens is 1. The summed E-state index contributed by atoms with van der Waals surface area (Å²) in [7, 11) is 0. The maximum Gasteiger partial charge on any atom is 0.0419 e. The molecule has 1 rings (SSSR count). The SMILES string of the molecule is CCCNC(CC)Cc1ccc(Br)cn1. The number of nitrogens with zero attached hydrogens (tertiary/aromatic N) is 1. The van der Waals surface area contributed by atoms with Gasteiger partial charge in [0.25, 0.3) is 0 Å². The minimum Gasteiger partial charge on any atom is -0.314 e. The molecular formula is C12H19BrN2. The van der Waals surface area contributed by atoms with Gasteiger partial charge in [0.2, 0.25) is 0 Å². The van der Waals surface area contributed by atoms with E-state index in [0.29, 0.717) is 6.04 Å².